The summed E-state index contributed by atoms with van der Waals surface area (Å²) in [6.07, 6.45) is 0. The van der Waals surface area contributed by atoms with Crippen molar-refractivity contribution in [1.82, 2.24) is 9.97 Å². The molecule has 106 valence electrons. The van der Waals surface area contributed by atoms with Crippen molar-refractivity contribution >= 4 is 45.4 Å². The molecule has 0 saturated carbocycles. The van der Waals surface area contributed by atoms with E-state index in [9.17, 15) is 9.59 Å². The largest absolute Gasteiger partial charge is 0.323 e. The minimum Gasteiger partial charge on any atom is -0.323 e. The highest BCUT2D eigenvalue weighted by molar-refractivity contribution is 7.71. The Labute approximate surface area is 128 Å². The molecule has 0 bridgehead atoms. The van der Waals surface area contributed by atoms with Gasteiger partial charge in [0.1, 0.15) is 4.83 Å². The van der Waals surface area contributed by atoms with Gasteiger partial charge in [-0.15, -0.1) is 11.3 Å². The SMILES string of the molecule is Cc1c(C(=O)Nc2ccccc2)sc2[nH]c(=S)[nH]c(=O)c12. The Morgan fingerprint density at radius 2 is 1.95 bits per heavy atom. The minimum atomic E-state index is -0.277. The Hall–Kier alpha value is -2.25. The van der Waals surface area contributed by atoms with E-state index in [-0.39, 0.29) is 16.2 Å². The van der Waals surface area contributed by atoms with E-state index in [1.54, 1.807) is 19.1 Å². The fourth-order valence-corrected chi connectivity index (χ4v) is 3.46. The smallest absolute Gasteiger partial charge is 0.266 e. The Morgan fingerprint density at radius 1 is 1.24 bits per heavy atom. The number of hydrogen-bond acceptors (Lipinski definition) is 4. The fourth-order valence-electron chi connectivity index (χ4n) is 2.10. The third kappa shape index (κ3) is 2.53. The number of H-pyrrole nitrogens is 2. The number of thiophene rings is 1. The summed E-state index contributed by atoms with van der Waals surface area (Å²) in [7, 11) is 0. The van der Waals surface area contributed by atoms with E-state index in [0.717, 1.165) is 0 Å². The number of para-hydroxylation sites is 1. The minimum absolute atomic E-state index is 0.237. The van der Waals surface area contributed by atoms with Gasteiger partial charge < -0.3 is 10.3 Å². The van der Waals surface area contributed by atoms with Crippen LogP contribution in [0.4, 0.5) is 5.69 Å². The van der Waals surface area contributed by atoms with Crippen molar-refractivity contribution in [2.24, 2.45) is 0 Å². The lowest BCUT2D eigenvalue weighted by Crippen LogP contribution is -2.12. The Bertz CT molecular complexity index is 938. The number of amides is 1. The zero-order valence-electron chi connectivity index (χ0n) is 11.0. The van der Waals surface area contributed by atoms with Crippen molar-refractivity contribution in [3.8, 4) is 0 Å². The number of nitrogens with one attached hydrogen (secondary N) is 3. The Kier molecular flexibility index (Phi) is 3.44. The predicted molar refractivity (Wildman–Crippen MR) is 86.8 cm³/mol. The number of aromatic nitrogens is 2. The van der Waals surface area contributed by atoms with Gasteiger partial charge in [0.05, 0.1) is 10.3 Å². The fraction of sp³-hybridized carbons (Fsp3) is 0.0714. The van der Waals surface area contributed by atoms with E-state index in [4.69, 9.17) is 12.2 Å². The van der Waals surface area contributed by atoms with Crippen molar-refractivity contribution < 1.29 is 4.79 Å². The van der Waals surface area contributed by atoms with Gasteiger partial charge in [-0.2, -0.15) is 0 Å². The average Bonchev–Trinajstić information content (AvgIpc) is 2.77. The Morgan fingerprint density at radius 3 is 2.67 bits per heavy atom. The molecule has 0 aliphatic rings. The molecule has 5 nitrogen and oxygen atoms in total. The maximum Gasteiger partial charge on any atom is 0.266 e. The molecule has 0 atom stereocenters. The van der Waals surface area contributed by atoms with Crippen molar-refractivity contribution in [2.45, 2.75) is 6.92 Å². The molecule has 0 fully saturated rings. The molecule has 21 heavy (non-hydrogen) atoms. The molecule has 7 heteroatoms. The summed E-state index contributed by atoms with van der Waals surface area (Å²) < 4.78 is 0.253. The van der Waals surface area contributed by atoms with Crippen LogP contribution in [-0.2, 0) is 0 Å². The quantitative estimate of drug-likeness (QED) is 0.635. The molecular formula is C14H11N3O2S2. The van der Waals surface area contributed by atoms with Crippen LogP contribution in [0.3, 0.4) is 0 Å². The van der Waals surface area contributed by atoms with Crippen LogP contribution in [0.15, 0.2) is 35.1 Å². The lowest BCUT2D eigenvalue weighted by molar-refractivity contribution is 0.103. The maximum atomic E-state index is 12.3. The third-order valence-electron chi connectivity index (χ3n) is 3.07. The van der Waals surface area contributed by atoms with Crippen LogP contribution in [0.2, 0.25) is 0 Å². The molecule has 0 saturated heterocycles. The Balaban J connectivity index is 2.07. The summed E-state index contributed by atoms with van der Waals surface area (Å²) in [6, 6.07) is 9.17. The lowest BCUT2D eigenvalue weighted by atomic mass is 10.2. The van der Waals surface area contributed by atoms with Gasteiger partial charge in [0.15, 0.2) is 4.77 Å². The molecule has 0 spiro atoms. The number of carbonyl (C=O) groups excluding carboxylic acids is 1. The highest BCUT2D eigenvalue weighted by atomic mass is 32.1. The highest BCUT2D eigenvalue weighted by Crippen LogP contribution is 2.27. The number of anilines is 1. The van der Waals surface area contributed by atoms with Crippen molar-refractivity contribution in [1.29, 1.82) is 0 Å². The number of benzene rings is 1. The van der Waals surface area contributed by atoms with Crippen molar-refractivity contribution in [3.63, 3.8) is 0 Å². The van der Waals surface area contributed by atoms with Crippen molar-refractivity contribution in [3.05, 3.63) is 55.9 Å². The maximum absolute atomic E-state index is 12.3. The molecule has 3 rings (SSSR count). The summed E-state index contributed by atoms with van der Waals surface area (Å²) in [5.41, 5.74) is 1.08. The standard InChI is InChI=1S/C14H11N3O2S2/c1-7-9-11(18)16-14(20)17-13(9)21-10(7)12(19)15-8-5-3-2-4-6-8/h2-6H,1H3,(H,15,19)(H2,16,17,18,20). The summed E-state index contributed by atoms with van der Waals surface area (Å²) in [4.78, 5) is 30.8. The van der Waals surface area contributed by atoms with Gasteiger partial charge in [-0.1, -0.05) is 18.2 Å². The number of carbonyl (C=O) groups is 1. The first-order valence-electron chi connectivity index (χ1n) is 6.18. The van der Waals surface area contributed by atoms with Gasteiger partial charge in [0, 0.05) is 5.69 Å². The monoisotopic (exact) mass is 317 g/mol. The van der Waals surface area contributed by atoms with Crippen LogP contribution >= 0.6 is 23.6 Å². The van der Waals surface area contributed by atoms with Crippen molar-refractivity contribution in [2.75, 3.05) is 5.32 Å². The van der Waals surface area contributed by atoms with Crippen LogP contribution < -0.4 is 10.9 Å². The van der Waals surface area contributed by atoms with E-state index in [1.807, 2.05) is 18.2 Å². The zero-order chi connectivity index (χ0) is 15.0. The van der Waals surface area contributed by atoms with Gasteiger partial charge in [-0.3, -0.25) is 14.6 Å². The molecular weight excluding hydrogens is 306 g/mol. The molecule has 2 aromatic heterocycles. The number of hydrogen-bond donors (Lipinski definition) is 3. The molecule has 3 aromatic rings. The first-order chi connectivity index (χ1) is 10.1. The summed E-state index contributed by atoms with van der Waals surface area (Å²) in [5.74, 6) is -0.237. The average molecular weight is 317 g/mol. The molecule has 1 amide bonds. The van der Waals surface area contributed by atoms with E-state index in [2.05, 4.69) is 15.3 Å². The summed E-state index contributed by atoms with van der Waals surface area (Å²) in [6.45, 7) is 1.75. The van der Waals surface area contributed by atoms with Gasteiger partial charge >= 0.3 is 0 Å². The second-order valence-electron chi connectivity index (χ2n) is 4.49. The normalized spacial score (nSPS) is 10.7. The van der Waals surface area contributed by atoms with Crippen LogP contribution in [0.5, 0.6) is 0 Å². The van der Waals surface area contributed by atoms with E-state index in [0.29, 0.717) is 26.3 Å². The first kappa shape index (κ1) is 13.7. The van der Waals surface area contributed by atoms with Crippen LogP contribution in [0.25, 0.3) is 10.2 Å². The number of fused-ring (bicyclic) bond motifs is 1. The van der Waals surface area contributed by atoms with Crippen LogP contribution in [0.1, 0.15) is 15.2 Å². The molecule has 0 aliphatic carbocycles. The van der Waals surface area contributed by atoms with E-state index < -0.39 is 0 Å². The number of rotatable bonds is 2. The molecule has 1 aromatic carbocycles. The van der Waals surface area contributed by atoms with Gasteiger partial charge in [0.2, 0.25) is 0 Å². The van der Waals surface area contributed by atoms with Gasteiger partial charge in [-0.25, -0.2) is 0 Å². The summed E-state index contributed by atoms with van der Waals surface area (Å²) in [5, 5.41) is 3.29. The topological polar surface area (TPSA) is 77.8 Å². The predicted octanol–water partition coefficient (Wildman–Crippen LogP) is 3.21. The van der Waals surface area contributed by atoms with Gasteiger partial charge in [-0.05, 0) is 36.8 Å². The zero-order valence-corrected chi connectivity index (χ0v) is 12.7. The van der Waals surface area contributed by atoms with E-state index >= 15 is 0 Å². The van der Waals surface area contributed by atoms with Crippen LogP contribution in [0, 0.1) is 11.7 Å². The second-order valence-corrected chi connectivity index (χ2v) is 5.92. The first-order valence-corrected chi connectivity index (χ1v) is 7.41. The molecule has 2 heterocycles. The van der Waals surface area contributed by atoms with Crippen LogP contribution in [-0.4, -0.2) is 15.9 Å². The van der Waals surface area contributed by atoms with E-state index in [1.165, 1.54) is 11.3 Å². The van der Waals surface area contributed by atoms with Gasteiger partial charge in [0.25, 0.3) is 11.5 Å². The number of aromatic amines is 2. The molecule has 0 radical (unpaired) electrons. The summed E-state index contributed by atoms with van der Waals surface area (Å²) >= 11 is 6.17. The third-order valence-corrected chi connectivity index (χ3v) is 4.48. The molecule has 3 N–H and O–H groups in total. The molecule has 0 unspecified atom stereocenters. The lowest BCUT2D eigenvalue weighted by Gasteiger charge is -2.03. The highest BCUT2D eigenvalue weighted by Gasteiger charge is 2.18. The number of aryl methyl sites for hydroxylation is 1. The molecule has 0 aliphatic heterocycles. The second kappa shape index (κ2) is 5.27.